The third-order valence-electron chi connectivity index (χ3n) is 4.97. The third-order valence-corrected chi connectivity index (χ3v) is 6.73. The number of nitrogens with zero attached hydrogens (tertiary/aromatic N) is 5. The average Bonchev–Trinajstić information content (AvgIpc) is 3.18. The standard InChI is InChI=1S/C17H20FN5O3S/c18-16-5-2-1-4-13(16)12-27(25,26)22-10-15(11-22)23-9-14(19-20-23)8-21-7-3-6-17(21)24/h1-2,4-5,9,15H,3,6-8,10-12H2. The van der Waals surface area contributed by atoms with Crippen LogP contribution in [0.4, 0.5) is 4.39 Å². The van der Waals surface area contributed by atoms with Crippen LogP contribution in [0.15, 0.2) is 30.5 Å². The summed E-state index contributed by atoms with van der Waals surface area (Å²) >= 11 is 0. The van der Waals surface area contributed by atoms with Gasteiger partial charge in [-0.2, -0.15) is 4.31 Å². The molecule has 2 aliphatic rings. The van der Waals surface area contributed by atoms with E-state index in [1.54, 1.807) is 21.8 Å². The number of hydrogen-bond acceptors (Lipinski definition) is 5. The zero-order chi connectivity index (χ0) is 19.0. The topological polar surface area (TPSA) is 88.4 Å². The summed E-state index contributed by atoms with van der Waals surface area (Å²) in [5.74, 6) is -0.749. The normalized spacial score (nSPS) is 18.9. The second kappa shape index (κ2) is 7.01. The minimum absolute atomic E-state index is 0.101. The molecule has 2 aliphatic heterocycles. The van der Waals surface area contributed by atoms with Crippen molar-refractivity contribution in [3.05, 3.63) is 47.5 Å². The summed E-state index contributed by atoms with van der Waals surface area (Å²) in [5, 5.41) is 8.15. The van der Waals surface area contributed by atoms with Gasteiger partial charge in [0.25, 0.3) is 0 Å². The van der Waals surface area contributed by atoms with Gasteiger partial charge in [0.2, 0.25) is 15.9 Å². The van der Waals surface area contributed by atoms with E-state index < -0.39 is 15.8 Å². The molecule has 3 heterocycles. The van der Waals surface area contributed by atoms with Crippen molar-refractivity contribution in [2.24, 2.45) is 0 Å². The van der Waals surface area contributed by atoms with Gasteiger partial charge in [0.1, 0.15) is 11.5 Å². The molecule has 1 amide bonds. The minimum Gasteiger partial charge on any atom is -0.337 e. The predicted octanol–water partition coefficient (Wildman–Crippen LogP) is 0.926. The van der Waals surface area contributed by atoms with Gasteiger partial charge < -0.3 is 4.90 Å². The number of amides is 1. The van der Waals surface area contributed by atoms with E-state index >= 15 is 0 Å². The van der Waals surface area contributed by atoms with Crippen LogP contribution in [-0.2, 0) is 27.1 Å². The first-order chi connectivity index (χ1) is 12.9. The number of benzene rings is 1. The van der Waals surface area contributed by atoms with Crippen molar-refractivity contribution >= 4 is 15.9 Å². The monoisotopic (exact) mass is 393 g/mol. The molecule has 0 N–H and O–H groups in total. The van der Waals surface area contributed by atoms with Crippen LogP contribution in [0.25, 0.3) is 0 Å². The van der Waals surface area contributed by atoms with Gasteiger partial charge in [0.05, 0.1) is 24.5 Å². The van der Waals surface area contributed by atoms with Crippen molar-refractivity contribution in [3.63, 3.8) is 0 Å². The molecular formula is C17H20FN5O3S. The molecule has 0 radical (unpaired) electrons. The van der Waals surface area contributed by atoms with E-state index in [9.17, 15) is 17.6 Å². The number of hydrogen-bond donors (Lipinski definition) is 0. The molecule has 0 spiro atoms. The highest BCUT2D eigenvalue weighted by atomic mass is 32.2. The van der Waals surface area contributed by atoms with Crippen LogP contribution < -0.4 is 0 Å². The Bertz CT molecular complexity index is 955. The molecule has 2 fully saturated rings. The fourth-order valence-electron chi connectivity index (χ4n) is 3.35. The molecule has 10 heteroatoms. The third kappa shape index (κ3) is 3.72. The summed E-state index contributed by atoms with van der Waals surface area (Å²) in [4.78, 5) is 13.4. The Labute approximate surface area is 156 Å². The summed E-state index contributed by atoms with van der Waals surface area (Å²) in [6.07, 6.45) is 3.20. The molecule has 0 saturated carbocycles. The van der Waals surface area contributed by atoms with E-state index in [4.69, 9.17) is 0 Å². The summed E-state index contributed by atoms with van der Waals surface area (Å²) in [5.41, 5.74) is 0.859. The van der Waals surface area contributed by atoms with E-state index in [0.29, 0.717) is 18.7 Å². The first kappa shape index (κ1) is 18.1. The number of aromatic nitrogens is 3. The molecule has 0 bridgehead atoms. The first-order valence-electron chi connectivity index (χ1n) is 8.82. The molecule has 0 unspecified atom stereocenters. The smallest absolute Gasteiger partial charge is 0.222 e. The zero-order valence-electron chi connectivity index (χ0n) is 14.7. The fraction of sp³-hybridized carbons (Fsp3) is 0.471. The molecule has 4 rings (SSSR count). The predicted molar refractivity (Wildman–Crippen MR) is 94.3 cm³/mol. The second-order valence-electron chi connectivity index (χ2n) is 6.93. The minimum atomic E-state index is -3.58. The quantitative estimate of drug-likeness (QED) is 0.728. The van der Waals surface area contributed by atoms with Gasteiger partial charge in [0, 0.05) is 31.6 Å². The van der Waals surface area contributed by atoms with E-state index in [2.05, 4.69) is 10.3 Å². The van der Waals surface area contributed by atoms with E-state index in [1.165, 1.54) is 22.5 Å². The van der Waals surface area contributed by atoms with Gasteiger partial charge in [-0.05, 0) is 12.5 Å². The highest BCUT2D eigenvalue weighted by Crippen LogP contribution is 2.26. The molecule has 0 aliphatic carbocycles. The first-order valence-corrected chi connectivity index (χ1v) is 10.4. The van der Waals surface area contributed by atoms with Crippen LogP contribution in [0.2, 0.25) is 0 Å². The summed E-state index contributed by atoms with van der Waals surface area (Å²) in [6.45, 7) is 1.72. The Kier molecular flexibility index (Phi) is 4.68. The molecule has 8 nitrogen and oxygen atoms in total. The molecule has 2 saturated heterocycles. The number of sulfonamides is 1. The van der Waals surface area contributed by atoms with E-state index in [1.807, 2.05) is 0 Å². The van der Waals surface area contributed by atoms with Crippen molar-refractivity contribution < 1.29 is 17.6 Å². The lowest BCUT2D eigenvalue weighted by molar-refractivity contribution is -0.128. The zero-order valence-corrected chi connectivity index (χ0v) is 15.5. The Balaban J connectivity index is 1.35. The average molecular weight is 393 g/mol. The molecule has 2 aromatic rings. The molecule has 1 aromatic heterocycles. The number of carbonyl (C=O) groups excluding carboxylic acids is 1. The highest BCUT2D eigenvalue weighted by molar-refractivity contribution is 7.88. The number of likely N-dealkylation sites (tertiary alicyclic amines) is 1. The largest absolute Gasteiger partial charge is 0.337 e. The fourth-order valence-corrected chi connectivity index (χ4v) is 4.95. The van der Waals surface area contributed by atoms with Crippen LogP contribution in [0.5, 0.6) is 0 Å². The van der Waals surface area contributed by atoms with Crippen molar-refractivity contribution in [2.45, 2.75) is 31.2 Å². The molecule has 1 aromatic carbocycles. The van der Waals surface area contributed by atoms with Crippen LogP contribution in [-0.4, -0.2) is 58.2 Å². The van der Waals surface area contributed by atoms with Gasteiger partial charge in [-0.3, -0.25) is 4.79 Å². The summed E-state index contributed by atoms with van der Waals surface area (Å²) in [6, 6.07) is 5.79. The summed E-state index contributed by atoms with van der Waals surface area (Å²) in [7, 11) is -3.58. The Morgan fingerprint density at radius 2 is 2.00 bits per heavy atom. The Hall–Kier alpha value is -2.33. The van der Waals surface area contributed by atoms with Crippen molar-refractivity contribution in [2.75, 3.05) is 19.6 Å². The molecule has 144 valence electrons. The lowest BCUT2D eigenvalue weighted by atomic mass is 10.2. The van der Waals surface area contributed by atoms with Crippen LogP contribution in [0.1, 0.15) is 30.1 Å². The molecular weight excluding hydrogens is 373 g/mol. The van der Waals surface area contributed by atoms with Crippen LogP contribution in [0.3, 0.4) is 0 Å². The van der Waals surface area contributed by atoms with Crippen molar-refractivity contribution in [3.8, 4) is 0 Å². The van der Waals surface area contributed by atoms with Gasteiger partial charge in [-0.15, -0.1) is 5.10 Å². The lowest BCUT2D eigenvalue weighted by Crippen LogP contribution is -2.51. The van der Waals surface area contributed by atoms with Gasteiger partial charge >= 0.3 is 0 Å². The van der Waals surface area contributed by atoms with E-state index in [-0.39, 0.29) is 36.4 Å². The second-order valence-corrected chi connectivity index (χ2v) is 8.90. The number of carbonyl (C=O) groups is 1. The Morgan fingerprint density at radius 3 is 2.70 bits per heavy atom. The van der Waals surface area contributed by atoms with Crippen LogP contribution >= 0.6 is 0 Å². The SMILES string of the molecule is O=C1CCCN1Cc1cn(C2CN(S(=O)(=O)Cc3ccccc3F)C2)nn1. The van der Waals surface area contributed by atoms with Gasteiger partial charge in [0.15, 0.2) is 0 Å². The molecule has 0 atom stereocenters. The van der Waals surface area contributed by atoms with Crippen molar-refractivity contribution in [1.82, 2.24) is 24.2 Å². The maximum Gasteiger partial charge on any atom is 0.222 e. The van der Waals surface area contributed by atoms with Gasteiger partial charge in [-0.1, -0.05) is 23.4 Å². The molecule has 27 heavy (non-hydrogen) atoms. The maximum absolute atomic E-state index is 13.7. The van der Waals surface area contributed by atoms with Crippen LogP contribution in [0, 0.1) is 5.82 Å². The number of rotatable bonds is 6. The Morgan fingerprint density at radius 1 is 1.22 bits per heavy atom. The number of halogens is 1. The van der Waals surface area contributed by atoms with Crippen molar-refractivity contribution in [1.29, 1.82) is 0 Å². The van der Waals surface area contributed by atoms with E-state index in [0.717, 1.165) is 13.0 Å². The highest BCUT2D eigenvalue weighted by Gasteiger charge is 2.37. The summed E-state index contributed by atoms with van der Waals surface area (Å²) < 4.78 is 41.6. The van der Waals surface area contributed by atoms with Gasteiger partial charge in [-0.25, -0.2) is 17.5 Å². The maximum atomic E-state index is 13.7. The lowest BCUT2D eigenvalue weighted by Gasteiger charge is -2.37.